The van der Waals surface area contributed by atoms with Crippen molar-refractivity contribution in [2.75, 3.05) is 31.1 Å². The van der Waals surface area contributed by atoms with E-state index in [1.165, 1.54) is 12.1 Å². The molecule has 1 fully saturated rings. The first-order chi connectivity index (χ1) is 12.6. The van der Waals surface area contributed by atoms with E-state index < -0.39 is 4.92 Å². The number of fused-ring (bicyclic) bond motifs is 1. The van der Waals surface area contributed by atoms with Crippen molar-refractivity contribution in [3.8, 4) is 0 Å². The van der Waals surface area contributed by atoms with Crippen LogP contribution in [0.4, 0.5) is 11.4 Å². The van der Waals surface area contributed by atoms with Gasteiger partial charge in [-0.05, 0) is 24.3 Å². The highest BCUT2D eigenvalue weighted by Crippen LogP contribution is 2.22. The number of para-hydroxylation sites is 1. The van der Waals surface area contributed by atoms with Crippen molar-refractivity contribution in [2.45, 2.75) is 0 Å². The Kier molecular flexibility index (Phi) is 4.04. The maximum atomic E-state index is 12.7. The lowest BCUT2D eigenvalue weighted by atomic mass is 10.2. The Bertz CT molecular complexity index is 923. The van der Waals surface area contributed by atoms with Crippen LogP contribution in [0.3, 0.4) is 0 Å². The number of amides is 1. The Morgan fingerprint density at radius 3 is 2.35 bits per heavy atom. The fourth-order valence-electron chi connectivity index (χ4n) is 3.31. The Balaban J connectivity index is 1.42. The highest BCUT2D eigenvalue weighted by atomic mass is 16.6. The van der Waals surface area contributed by atoms with E-state index in [1.807, 2.05) is 35.2 Å². The predicted molar refractivity (Wildman–Crippen MR) is 99.5 cm³/mol. The van der Waals surface area contributed by atoms with Gasteiger partial charge in [0.15, 0.2) is 0 Å². The van der Waals surface area contributed by atoms with Gasteiger partial charge in [-0.2, -0.15) is 0 Å². The number of piperazine rings is 1. The van der Waals surface area contributed by atoms with Gasteiger partial charge in [-0.25, -0.2) is 0 Å². The zero-order valence-electron chi connectivity index (χ0n) is 14.1. The van der Waals surface area contributed by atoms with Crippen LogP contribution in [0.25, 0.3) is 10.9 Å². The minimum Gasteiger partial charge on any atom is -0.368 e. The van der Waals surface area contributed by atoms with Gasteiger partial charge in [0.1, 0.15) is 5.69 Å². The molecule has 1 aliphatic heterocycles. The molecule has 7 heteroatoms. The number of hydrogen-bond acceptors (Lipinski definition) is 4. The molecule has 4 rings (SSSR count). The third-order valence-corrected chi connectivity index (χ3v) is 4.75. The first-order valence-corrected chi connectivity index (χ1v) is 8.48. The Morgan fingerprint density at radius 1 is 1.00 bits per heavy atom. The summed E-state index contributed by atoms with van der Waals surface area (Å²) in [6, 6.07) is 16.3. The zero-order valence-corrected chi connectivity index (χ0v) is 14.1. The first kappa shape index (κ1) is 16.1. The van der Waals surface area contributed by atoms with Gasteiger partial charge in [-0.15, -0.1) is 0 Å². The molecule has 132 valence electrons. The maximum absolute atomic E-state index is 12.7. The molecule has 0 bridgehead atoms. The van der Waals surface area contributed by atoms with Crippen molar-refractivity contribution in [1.82, 2.24) is 9.88 Å². The molecule has 1 aromatic heterocycles. The van der Waals surface area contributed by atoms with Crippen LogP contribution in [-0.4, -0.2) is 46.9 Å². The fraction of sp³-hybridized carbons (Fsp3) is 0.211. The van der Waals surface area contributed by atoms with Gasteiger partial charge in [-0.1, -0.05) is 18.2 Å². The average molecular weight is 350 g/mol. The number of carbonyl (C=O) groups excluding carboxylic acids is 1. The molecule has 1 N–H and O–H groups in total. The number of aromatic amines is 1. The lowest BCUT2D eigenvalue weighted by Crippen LogP contribution is -2.48. The Labute approximate surface area is 150 Å². The molecule has 0 radical (unpaired) electrons. The molecule has 26 heavy (non-hydrogen) atoms. The van der Waals surface area contributed by atoms with E-state index in [0.717, 1.165) is 16.6 Å². The molecular formula is C19H18N4O3. The average Bonchev–Trinajstić information content (AvgIpc) is 3.12. The normalized spacial score (nSPS) is 14.6. The summed E-state index contributed by atoms with van der Waals surface area (Å²) in [4.78, 5) is 30.2. The molecule has 0 spiro atoms. The molecule has 2 aromatic carbocycles. The number of carbonyl (C=O) groups is 1. The van der Waals surface area contributed by atoms with E-state index in [2.05, 4.69) is 9.88 Å². The summed E-state index contributed by atoms with van der Waals surface area (Å²) in [6.45, 7) is 2.63. The summed E-state index contributed by atoms with van der Waals surface area (Å²) in [5, 5.41) is 11.8. The van der Waals surface area contributed by atoms with E-state index in [1.54, 1.807) is 12.1 Å². The van der Waals surface area contributed by atoms with Crippen LogP contribution < -0.4 is 4.90 Å². The summed E-state index contributed by atoms with van der Waals surface area (Å²) >= 11 is 0. The van der Waals surface area contributed by atoms with E-state index in [-0.39, 0.29) is 11.6 Å². The molecule has 0 saturated carbocycles. The fourth-order valence-corrected chi connectivity index (χ4v) is 3.31. The van der Waals surface area contributed by atoms with E-state index in [4.69, 9.17) is 0 Å². The molecule has 0 atom stereocenters. The highest BCUT2D eigenvalue weighted by Gasteiger charge is 2.23. The van der Waals surface area contributed by atoms with Crippen LogP contribution in [0.1, 0.15) is 10.5 Å². The van der Waals surface area contributed by atoms with Crippen molar-refractivity contribution in [2.24, 2.45) is 0 Å². The largest absolute Gasteiger partial charge is 0.368 e. The van der Waals surface area contributed by atoms with Crippen LogP contribution in [0.15, 0.2) is 54.6 Å². The minimum atomic E-state index is -0.402. The Morgan fingerprint density at radius 2 is 1.69 bits per heavy atom. The third-order valence-electron chi connectivity index (χ3n) is 4.75. The zero-order chi connectivity index (χ0) is 18.1. The highest BCUT2D eigenvalue weighted by molar-refractivity contribution is 5.98. The topological polar surface area (TPSA) is 82.5 Å². The van der Waals surface area contributed by atoms with E-state index in [9.17, 15) is 14.9 Å². The summed E-state index contributed by atoms with van der Waals surface area (Å²) in [5.74, 6) is 0.00421. The molecule has 3 aromatic rings. The van der Waals surface area contributed by atoms with Crippen LogP contribution in [-0.2, 0) is 0 Å². The summed E-state index contributed by atoms with van der Waals surface area (Å²) in [5.41, 5.74) is 2.59. The van der Waals surface area contributed by atoms with Crippen molar-refractivity contribution in [1.29, 1.82) is 0 Å². The van der Waals surface area contributed by atoms with Gasteiger partial charge >= 0.3 is 0 Å². The number of rotatable bonds is 3. The van der Waals surface area contributed by atoms with E-state index in [0.29, 0.717) is 31.9 Å². The van der Waals surface area contributed by atoms with Gasteiger partial charge in [0.2, 0.25) is 0 Å². The molecule has 2 heterocycles. The number of nitro groups is 1. The smallest absolute Gasteiger partial charge is 0.270 e. The molecular weight excluding hydrogens is 332 g/mol. The summed E-state index contributed by atoms with van der Waals surface area (Å²) in [7, 11) is 0. The van der Waals surface area contributed by atoms with E-state index >= 15 is 0 Å². The second-order valence-electron chi connectivity index (χ2n) is 6.32. The molecule has 1 aliphatic rings. The molecule has 1 saturated heterocycles. The van der Waals surface area contributed by atoms with Gasteiger partial charge in [0.25, 0.3) is 11.6 Å². The molecule has 1 amide bonds. The van der Waals surface area contributed by atoms with Crippen molar-refractivity contribution in [3.05, 3.63) is 70.4 Å². The second-order valence-corrected chi connectivity index (χ2v) is 6.32. The van der Waals surface area contributed by atoms with Gasteiger partial charge < -0.3 is 14.8 Å². The number of anilines is 1. The Hall–Kier alpha value is -3.35. The van der Waals surface area contributed by atoms with Gasteiger partial charge in [0, 0.05) is 54.9 Å². The van der Waals surface area contributed by atoms with Crippen molar-refractivity contribution >= 4 is 28.2 Å². The van der Waals surface area contributed by atoms with Crippen LogP contribution >= 0.6 is 0 Å². The number of H-pyrrole nitrogens is 1. The monoisotopic (exact) mass is 350 g/mol. The number of nitrogens with one attached hydrogen (secondary N) is 1. The molecule has 0 aliphatic carbocycles. The van der Waals surface area contributed by atoms with Gasteiger partial charge in [-0.3, -0.25) is 14.9 Å². The van der Waals surface area contributed by atoms with Crippen LogP contribution in [0, 0.1) is 10.1 Å². The molecule has 0 unspecified atom stereocenters. The number of nitrogens with zero attached hydrogens (tertiary/aromatic N) is 3. The predicted octanol–water partition coefficient (Wildman–Crippen LogP) is 3.04. The standard InChI is InChI=1S/C19H18N4O3/c24-19(18-13-14-3-1-2-4-17(14)20-18)22-11-9-21(10-12-22)15-5-7-16(8-6-15)23(25)26/h1-8,13,20H,9-12H2. The summed E-state index contributed by atoms with van der Waals surface area (Å²) < 4.78 is 0. The van der Waals surface area contributed by atoms with Crippen molar-refractivity contribution in [3.63, 3.8) is 0 Å². The molecule has 7 nitrogen and oxygen atoms in total. The lowest BCUT2D eigenvalue weighted by Gasteiger charge is -2.35. The minimum absolute atomic E-state index is 0.00421. The maximum Gasteiger partial charge on any atom is 0.270 e. The quantitative estimate of drug-likeness (QED) is 0.581. The SMILES string of the molecule is O=C(c1cc2ccccc2[nH]1)N1CCN(c2ccc([N+](=O)[O-])cc2)CC1. The van der Waals surface area contributed by atoms with Crippen LogP contribution in [0.2, 0.25) is 0 Å². The number of hydrogen-bond donors (Lipinski definition) is 1. The number of non-ortho nitro benzene ring substituents is 1. The first-order valence-electron chi connectivity index (χ1n) is 8.48. The number of benzene rings is 2. The number of aromatic nitrogens is 1. The number of nitro benzene ring substituents is 1. The van der Waals surface area contributed by atoms with Crippen LogP contribution in [0.5, 0.6) is 0 Å². The van der Waals surface area contributed by atoms with Crippen molar-refractivity contribution < 1.29 is 9.72 Å². The lowest BCUT2D eigenvalue weighted by molar-refractivity contribution is -0.384. The second kappa shape index (κ2) is 6.51. The third kappa shape index (κ3) is 2.99. The van der Waals surface area contributed by atoms with Gasteiger partial charge in [0.05, 0.1) is 4.92 Å². The summed E-state index contributed by atoms with van der Waals surface area (Å²) in [6.07, 6.45) is 0.